The predicted molar refractivity (Wildman–Crippen MR) is 122 cm³/mol. The lowest BCUT2D eigenvalue weighted by atomic mass is 9.78. The van der Waals surface area contributed by atoms with Gasteiger partial charge >= 0.3 is 11.9 Å². The number of epoxide rings is 1. The number of aliphatic hydroxyl groups is 1. The summed E-state index contributed by atoms with van der Waals surface area (Å²) in [6, 6.07) is 9.53. The van der Waals surface area contributed by atoms with Crippen LogP contribution >= 0.6 is 0 Å². The van der Waals surface area contributed by atoms with Crippen molar-refractivity contribution in [2.24, 2.45) is 11.8 Å². The maximum atomic E-state index is 12.8. The molecule has 1 saturated heterocycles. The highest BCUT2D eigenvalue weighted by atomic mass is 16.6. The largest absolute Gasteiger partial charge is 0.459 e. The van der Waals surface area contributed by atoms with E-state index >= 15 is 0 Å². The smallest absolute Gasteiger partial charge is 0.331 e. The van der Waals surface area contributed by atoms with E-state index in [0.29, 0.717) is 12.8 Å². The van der Waals surface area contributed by atoms with Gasteiger partial charge in [0.2, 0.25) is 0 Å². The Hall–Kier alpha value is -2.44. The van der Waals surface area contributed by atoms with Gasteiger partial charge in [0, 0.05) is 31.8 Å². The van der Waals surface area contributed by atoms with Crippen LogP contribution in [-0.2, 0) is 23.8 Å². The van der Waals surface area contributed by atoms with Crippen LogP contribution < -0.4 is 0 Å². The van der Waals surface area contributed by atoms with E-state index in [2.05, 4.69) is 0 Å². The Morgan fingerprint density at radius 2 is 1.91 bits per heavy atom. The van der Waals surface area contributed by atoms with Crippen molar-refractivity contribution in [3.63, 3.8) is 0 Å². The fourth-order valence-corrected chi connectivity index (χ4v) is 4.54. The molecule has 0 aromatic heterocycles. The molecule has 1 aliphatic heterocycles. The van der Waals surface area contributed by atoms with Crippen LogP contribution in [0.15, 0.2) is 48.1 Å². The van der Waals surface area contributed by atoms with Gasteiger partial charge in [-0.25, -0.2) is 4.79 Å². The van der Waals surface area contributed by atoms with E-state index in [-0.39, 0.29) is 17.9 Å². The fourth-order valence-electron chi connectivity index (χ4n) is 4.54. The Morgan fingerprint density at radius 3 is 2.53 bits per heavy atom. The second-order valence-corrected chi connectivity index (χ2v) is 9.40. The number of carbonyl (C=O) groups is 2. The van der Waals surface area contributed by atoms with Gasteiger partial charge in [-0.2, -0.15) is 0 Å². The van der Waals surface area contributed by atoms with Gasteiger partial charge in [0.25, 0.3) is 0 Å². The van der Waals surface area contributed by atoms with Crippen LogP contribution in [-0.4, -0.2) is 47.1 Å². The number of aliphatic hydroxyl groups excluding tert-OH is 1. The minimum Gasteiger partial charge on any atom is -0.459 e. The third-order valence-corrected chi connectivity index (χ3v) is 6.39. The van der Waals surface area contributed by atoms with Crippen LogP contribution in [0.2, 0.25) is 0 Å². The molecule has 1 aromatic rings. The first-order valence-electron chi connectivity index (χ1n) is 11.2. The maximum Gasteiger partial charge on any atom is 0.331 e. The molecule has 0 unspecified atom stereocenters. The summed E-state index contributed by atoms with van der Waals surface area (Å²) in [6.45, 7) is 9.19. The van der Waals surface area contributed by atoms with E-state index in [1.807, 2.05) is 58.0 Å². The molecular formula is C26H34O6. The Kier molecular flexibility index (Phi) is 7.57. The van der Waals surface area contributed by atoms with Gasteiger partial charge < -0.3 is 19.3 Å². The van der Waals surface area contributed by atoms with E-state index in [9.17, 15) is 14.7 Å². The average Bonchev–Trinajstić information content (AvgIpc) is 3.34. The van der Waals surface area contributed by atoms with Crippen molar-refractivity contribution in [3.05, 3.63) is 53.6 Å². The van der Waals surface area contributed by atoms with Crippen molar-refractivity contribution in [1.29, 1.82) is 0 Å². The Morgan fingerprint density at radius 1 is 1.22 bits per heavy atom. The van der Waals surface area contributed by atoms with Gasteiger partial charge in [-0.3, -0.25) is 4.79 Å². The standard InChI is InChI=1S/C26H34O6/c1-16(2)25-21(30-18(4)27)13-17(3)20(28)14-23-26(5,32-23)15-22(25)31-24(29)12-11-19-9-7-6-8-10-19/h6-13,16,20-23,25,28H,14-15H2,1-5H3/b12-11+,17-13+/t20-,21+,22+,23+,25+,26-/m1/s1. The van der Waals surface area contributed by atoms with E-state index < -0.39 is 35.9 Å². The third kappa shape index (κ3) is 6.08. The molecule has 174 valence electrons. The molecule has 6 atom stereocenters. The highest BCUT2D eigenvalue weighted by Crippen LogP contribution is 2.47. The normalized spacial score (nSPS) is 34.3. The highest BCUT2D eigenvalue weighted by molar-refractivity contribution is 5.87. The van der Waals surface area contributed by atoms with Crippen molar-refractivity contribution in [1.82, 2.24) is 0 Å². The molecule has 32 heavy (non-hydrogen) atoms. The van der Waals surface area contributed by atoms with E-state index in [1.54, 1.807) is 12.2 Å². The van der Waals surface area contributed by atoms with Crippen molar-refractivity contribution < 1.29 is 28.9 Å². The third-order valence-electron chi connectivity index (χ3n) is 6.39. The molecular weight excluding hydrogens is 408 g/mol. The minimum absolute atomic E-state index is 0.0386. The average molecular weight is 443 g/mol. The molecule has 6 heteroatoms. The molecule has 1 N–H and O–H groups in total. The van der Waals surface area contributed by atoms with Crippen molar-refractivity contribution in [3.8, 4) is 0 Å². The topological polar surface area (TPSA) is 85.4 Å². The molecule has 3 rings (SSSR count). The number of carbonyl (C=O) groups excluding carboxylic acids is 2. The quantitative estimate of drug-likeness (QED) is 0.320. The highest BCUT2D eigenvalue weighted by Gasteiger charge is 2.56. The monoisotopic (exact) mass is 442 g/mol. The summed E-state index contributed by atoms with van der Waals surface area (Å²) in [6.07, 6.45) is 3.90. The SMILES string of the molecule is CC(=O)O[C@H]1/C=C(\C)[C@H](O)C[C@@H]2O[C@]2(C)C[C@H](OC(=O)/C=C/c2ccccc2)[C@H]1C(C)C. The second kappa shape index (κ2) is 10.0. The van der Waals surface area contributed by atoms with Crippen LogP contribution in [0.4, 0.5) is 0 Å². The molecule has 0 radical (unpaired) electrons. The van der Waals surface area contributed by atoms with Crippen LogP contribution in [0.5, 0.6) is 0 Å². The number of benzene rings is 1. The second-order valence-electron chi connectivity index (χ2n) is 9.40. The Labute approximate surface area is 190 Å². The minimum atomic E-state index is -0.680. The van der Waals surface area contributed by atoms with Gasteiger partial charge in [-0.15, -0.1) is 0 Å². The molecule has 0 bridgehead atoms. The van der Waals surface area contributed by atoms with Gasteiger partial charge in [0.1, 0.15) is 12.2 Å². The predicted octanol–water partition coefficient (Wildman–Crippen LogP) is 4.07. The Balaban J connectivity index is 1.91. The number of fused-ring (bicyclic) bond motifs is 1. The van der Waals surface area contributed by atoms with E-state index in [0.717, 1.165) is 11.1 Å². The van der Waals surface area contributed by atoms with Gasteiger partial charge in [0.15, 0.2) is 0 Å². The summed E-state index contributed by atoms with van der Waals surface area (Å²) >= 11 is 0. The Bertz CT molecular complexity index is 874. The fraction of sp³-hybridized carbons (Fsp3) is 0.538. The molecule has 0 saturated carbocycles. The van der Waals surface area contributed by atoms with Crippen LogP contribution in [0.1, 0.15) is 53.0 Å². The molecule has 0 amide bonds. The lowest BCUT2D eigenvalue weighted by Gasteiger charge is -2.36. The zero-order chi connectivity index (χ0) is 23.5. The molecule has 1 aromatic carbocycles. The first-order chi connectivity index (χ1) is 15.1. The summed E-state index contributed by atoms with van der Waals surface area (Å²) in [5.41, 5.74) is 1.12. The van der Waals surface area contributed by atoms with Gasteiger partial charge in [-0.05, 0) is 43.1 Å². The molecule has 1 aliphatic carbocycles. The van der Waals surface area contributed by atoms with Crippen LogP contribution in [0, 0.1) is 11.8 Å². The molecule has 0 spiro atoms. The number of rotatable bonds is 5. The van der Waals surface area contributed by atoms with Crippen molar-refractivity contribution in [2.75, 3.05) is 0 Å². The zero-order valence-corrected chi connectivity index (χ0v) is 19.5. The van der Waals surface area contributed by atoms with Crippen LogP contribution in [0.3, 0.4) is 0 Å². The van der Waals surface area contributed by atoms with Gasteiger partial charge in [-0.1, -0.05) is 44.2 Å². The summed E-state index contributed by atoms with van der Waals surface area (Å²) in [7, 11) is 0. The summed E-state index contributed by atoms with van der Waals surface area (Å²) < 4.78 is 17.6. The lowest BCUT2D eigenvalue weighted by molar-refractivity contribution is -0.158. The lowest BCUT2D eigenvalue weighted by Crippen LogP contribution is -2.43. The number of esters is 2. The first kappa shape index (κ1) is 24.2. The number of hydrogen-bond acceptors (Lipinski definition) is 6. The van der Waals surface area contributed by atoms with Crippen molar-refractivity contribution >= 4 is 18.0 Å². The summed E-state index contributed by atoms with van der Waals surface area (Å²) in [5, 5.41) is 10.6. The molecule has 1 fully saturated rings. The summed E-state index contributed by atoms with van der Waals surface area (Å²) in [5.74, 6) is -1.13. The first-order valence-corrected chi connectivity index (χ1v) is 11.2. The van der Waals surface area contributed by atoms with Crippen LogP contribution in [0.25, 0.3) is 6.08 Å². The maximum absolute atomic E-state index is 12.8. The molecule has 1 heterocycles. The summed E-state index contributed by atoms with van der Waals surface area (Å²) in [4.78, 5) is 24.6. The molecule has 2 aliphatic rings. The van der Waals surface area contributed by atoms with Gasteiger partial charge in [0.05, 0.1) is 17.8 Å². The number of hydrogen-bond donors (Lipinski definition) is 1. The van der Waals surface area contributed by atoms with E-state index in [1.165, 1.54) is 13.0 Å². The zero-order valence-electron chi connectivity index (χ0n) is 19.5. The molecule has 6 nitrogen and oxygen atoms in total. The van der Waals surface area contributed by atoms with E-state index in [4.69, 9.17) is 14.2 Å². The number of ether oxygens (including phenoxy) is 3. The van der Waals surface area contributed by atoms with Crippen molar-refractivity contribution in [2.45, 2.75) is 77.5 Å².